The Morgan fingerprint density at radius 2 is 2.13 bits per heavy atom. The van der Waals surface area contributed by atoms with Gasteiger partial charge in [0.25, 0.3) is 0 Å². The first-order valence-electron chi connectivity index (χ1n) is 5.88. The van der Waals surface area contributed by atoms with Crippen molar-refractivity contribution in [2.24, 2.45) is 0 Å². The molecule has 0 spiro atoms. The first kappa shape index (κ1) is 12.7. The lowest BCUT2D eigenvalue weighted by atomic mass is 10.3. The number of nitrogens with one attached hydrogen (secondary N) is 2. The van der Waals surface area contributed by atoms with Crippen molar-refractivity contribution in [2.45, 2.75) is 45.2 Å². The fraction of sp³-hybridized carbons (Fsp3) is 0.909. The predicted octanol–water partition coefficient (Wildman–Crippen LogP) is 1.34. The number of hydrogen-bond donors (Lipinski definition) is 2. The van der Waals surface area contributed by atoms with E-state index in [4.69, 9.17) is 12.2 Å². The molecule has 1 saturated carbocycles. The van der Waals surface area contributed by atoms with Crippen LogP contribution in [-0.4, -0.2) is 42.2 Å². The quantitative estimate of drug-likeness (QED) is 0.672. The Kier molecular flexibility index (Phi) is 5.32. The summed E-state index contributed by atoms with van der Waals surface area (Å²) in [5.74, 6) is 0. The summed E-state index contributed by atoms with van der Waals surface area (Å²) in [6, 6.07) is 1.37. The average molecular weight is 229 g/mol. The molecule has 15 heavy (non-hydrogen) atoms. The first-order valence-corrected chi connectivity index (χ1v) is 6.29. The van der Waals surface area contributed by atoms with Gasteiger partial charge in [-0.3, -0.25) is 4.90 Å². The zero-order chi connectivity index (χ0) is 11.3. The first-order chi connectivity index (χ1) is 7.15. The third-order valence-electron chi connectivity index (χ3n) is 2.91. The molecule has 0 aromatic carbocycles. The van der Waals surface area contributed by atoms with Gasteiger partial charge in [-0.15, -0.1) is 0 Å². The van der Waals surface area contributed by atoms with Gasteiger partial charge in [0.05, 0.1) is 0 Å². The van der Waals surface area contributed by atoms with Crippen molar-refractivity contribution in [3.8, 4) is 0 Å². The summed E-state index contributed by atoms with van der Waals surface area (Å²) in [6.45, 7) is 6.27. The summed E-state index contributed by atoms with van der Waals surface area (Å²) in [5, 5.41) is 7.22. The Hall–Kier alpha value is -0.350. The van der Waals surface area contributed by atoms with Crippen LogP contribution >= 0.6 is 12.2 Å². The second-order valence-electron chi connectivity index (χ2n) is 4.38. The Bertz CT molecular complexity index is 204. The van der Waals surface area contributed by atoms with Gasteiger partial charge in [0.1, 0.15) is 0 Å². The number of nitrogens with zero attached hydrogens (tertiary/aromatic N) is 1. The smallest absolute Gasteiger partial charge is 0.166 e. The number of thiocarbonyl (C=S) groups is 1. The van der Waals surface area contributed by atoms with Crippen LogP contribution in [-0.2, 0) is 0 Å². The van der Waals surface area contributed by atoms with Crippen molar-refractivity contribution < 1.29 is 0 Å². The van der Waals surface area contributed by atoms with E-state index in [0.717, 1.165) is 30.7 Å². The zero-order valence-corrected chi connectivity index (χ0v) is 10.9. The molecule has 0 aliphatic heterocycles. The van der Waals surface area contributed by atoms with E-state index in [2.05, 4.69) is 36.4 Å². The second-order valence-corrected chi connectivity index (χ2v) is 4.79. The third kappa shape index (κ3) is 4.80. The van der Waals surface area contributed by atoms with Crippen LogP contribution in [0, 0.1) is 0 Å². The minimum absolute atomic E-state index is 0.555. The maximum Gasteiger partial charge on any atom is 0.166 e. The molecule has 0 bridgehead atoms. The van der Waals surface area contributed by atoms with Crippen molar-refractivity contribution in [3.63, 3.8) is 0 Å². The minimum atomic E-state index is 0.555. The molecule has 0 radical (unpaired) electrons. The summed E-state index contributed by atoms with van der Waals surface area (Å²) in [7, 11) is 2.20. The van der Waals surface area contributed by atoms with Crippen LogP contribution < -0.4 is 10.6 Å². The molecule has 0 amide bonds. The van der Waals surface area contributed by atoms with Gasteiger partial charge >= 0.3 is 0 Å². The van der Waals surface area contributed by atoms with Crippen molar-refractivity contribution in [2.75, 3.05) is 20.1 Å². The molecule has 0 aromatic heterocycles. The van der Waals surface area contributed by atoms with E-state index in [1.807, 2.05) is 0 Å². The van der Waals surface area contributed by atoms with Crippen molar-refractivity contribution in [1.29, 1.82) is 0 Å². The summed E-state index contributed by atoms with van der Waals surface area (Å²) < 4.78 is 0. The molecule has 1 unspecified atom stereocenters. The Morgan fingerprint density at radius 3 is 2.67 bits per heavy atom. The molecule has 0 aromatic rings. The fourth-order valence-corrected chi connectivity index (χ4v) is 1.71. The molecule has 0 saturated heterocycles. The molecule has 1 atom stereocenters. The summed E-state index contributed by atoms with van der Waals surface area (Å²) >= 11 is 5.16. The van der Waals surface area contributed by atoms with Crippen LogP contribution in [0.25, 0.3) is 0 Å². The van der Waals surface area contributed by atoms with Crippen LogP contribution in [0.15, 0.2) is 0 Å². The van der Waals surface area contributed by atoms with Crippen LogP contribution in [0.1, 0.15) is 33.1 Å². The average Bonchev–Trinajstić information content (AvgIpc) is 3.05. The maximum atomic E-state index is 5.16. The van der Waals surface area contributed by atoms with E-state index in [-0.39, 0.29) is 0 Å². The second kappa shape index (κ2) is 6.28. The van der Waals surface area contributed by atoms with E-state index in [1.165, 1.54) is 12.8 Å². The fourth-order valence-electron chi connectivity index (χ4n) is 1.53. The lowest BCUT2D eigenvalue weighted by Gasteiger charge is -2.25. The summed E-state index contributed by atoms with van der Waals surface area (Å²) in [6.07, 6.45) is 3.83. The maximum absolute atomic E-state index is 5.16. The zero-order valence-electron chi connectivity index (χ0n) is 10.0. The number of rotatable bonds is 6. The molecule has 1 aliphatic rings. The van der Waals surface area contributed by atoms with Gasteiger partial charge in [-0.25, -0.2) is 0 Å². The van der Waals surface area contributed by atoms with Gasteiger partial charge in [0, 0.05) is 25.2 Å². The highest BCUT2D eigenvalue weighted by Gasteiger charge is 2.28. The number of likely N-dealkylation sites (N-methyl/N-ethyl adjacent to an activating group) is 1. The normalized spacial score (nSPS) is 17.6. The third-order valence-corrected chi connectivity index (χ3v) is 3.20. The van der Waals surface area contributed by atoms with Gasteiger partial charge in [0.2, 0.25) is 0 Å². The Labute approximate surface area is 98.6 Å². The largest absolute Gasteiger partial charge is 0.363 e. The van der Waals surface area contributed by atoms with Gasteiger partial charge in [0.15, 0.2) is 5.11 Å². The van der Waals surface area contributed by atoms with Crippen LogP contribution in [0.4, 0.5) is 0 Å². The lowest BCUT2D eigenvalue weighted by molar-refractivity contribution is 0.248. The molecule has 2 N–H and O–H groups in total. The molecule has 1 rings (SSSR count). The minimum Gasteiger partial charge on any atom is -0.363 e. The Morgan fingerprint density at radius 1 is 1.47 bits per heavy atom. The molecular formula is C11H23N3S. The highest BCUT2D eigenvalue weighted by molar-refractivity contribution is 7.80. The molecular weight excluding hydrogens is 206 g/mol. The highest BCUT2D eigenvalue weighted by atomic mass is 32.1. The van der Waals surface area contributed by atoms with Crippen molar-refractivity contribution >= 4 is 17.3 Å². The highest BCUT2D eigenvalue weighted by Crippen LogP contribution is 2.26. The van der Waals surface area contributed by atoms with E-state index < -0.39 is 0 Å². The topological polar surface area (TPSA) is 27.3 Å². The van der Waals surface area contributed by atoms with Gasteiger partial charge in [-0.05, 0) is 45.5 Å². The summed E-state index contributed by atoms with van der Waals surface area (Å²) in [5.41, 5.74) is 0. The monoisotopic (exact) mass is 229 g/mol. The summed E-state index contributed by atoms with van der Waals surface area (Å²) in [4.78, 5) is 2.44. The number of hydrogen-bond acceptors (Lipinski definition) is 2. The van der Waals surface area contributed by atoms with Gasteiger partial charge in [-0.2, -0.15) is 0 Å². The van der Waals surface area contributed by atoms with Crippen LogP contribution in [0.2, 0.25) is 0 Å². The van der Waals surface area contributed by atoms with Crippen LogP contribution in [0.5, 0.6) is 0 Å². The predicted molar refractivity (Wildman–Crippen MR) is 69.1 cm³/mol. The van der Waals surface area contributed by atoms with Crippen LogP contribution in [0.3, 0.4) is 0 Å². The molecule has 0 heterocycles. The van der Waals surface area contributed by atoms with Crippen molar-refractivity contribution in [3.05, 3.63) is 0 Å². The van der Waals surface area contributed by atoms with E-state index in [0.29, 0.717) is 6.04 Å². The van der Waals surface area contributed by atoms with E-state index in [1.54, 1.807) is 0 Å². The van der Waals surface area contributed by atoms with E-state index in [9.17, 15) is 0 Å². The van der Waals surface area contributed by atoms with Gasteiger partial charge in [-0.1, -0.05) is 6.92 Å². The molecule has 1 fully saturated rings. The molecule has 1 aliphatic carbocycles. The standard InChI is InChI=1S/C11H23N3S/c1-4-7-12-11(15)13-8-9(2)14(3)10-5-6-10/h9-10H,4-8H2,1-3H3,(H2,12,13,15). The molecule has 3 nitrogen and oxygen atoms in total. The Balaban J connectivity index is 2.09. The van der Waals surface area contributed by atoms with Gasteiger partial charge < -0.3 is 10.6 Å². The van der Waals surface area contributed by atoms with Crippen molar-refractivity contribution in [1.82, 2.24) is 15.5 Å². The SMILES string of the molecule is CCCNC(=S)NCC(C)N(C)C1CC1. The molecule has 88 valence electrons. The molecule has 4 heteroatoms. The van der Waals surface area contributed by atoms with E-state index >= 15 is 0 Å². The lowest BCUT2D eigenvalue weighted by Crippen LogP contribution is -2.44.